The lowest BCUT2D eigenvalue weighted by molar-refractivity contribution is 0.0929. The first-order valence-electron chi connectivity index (χ1n) is 12.1. The van der Waals surface area contributed by atoms with Crippen LogP contribution >= 0.6 is 22.7 Å². The minimum atomic E-state index is -0.204. The lowest BCUT2D eigenvalue weighted by Crippen LogP contribution is -2.35. The summed E-state index contributed by atoms with van der Waals surface area (Å²) in [5.41, 5.74) is 4.19. The molecule has 0 spiro atoms. The number of benzene rings is 2. The van der Waals surface area contributed by atoms with Crippen molar-refractivity contribution in [3.63, 3.8) is 0 Å². The van der Waals surface area contributed by atoms with Crippen LogP contribution in [0, 0.1) is 0 Å². The van der Waals surface area contributed by atoms with E-state index in [0.29, 0.717) is 11.1 Å². The van der Waals surface area contributed by atoms with Crippen molar-refractivity contribution in [2.75, 3.05) is 13.1 Å². The Morgan fingerprint density at radius 2 is 1.05 bits per heavy atom. The zero-order valence-corrected chi connectivity index (χ0v) is 21.8. The number of nitrogens with one attached hydrogen (secondary N) is 2. The fourth-order valence-corrected chi connectivity index (χ4v) is 5.74. The molecule has 2 aromatic carbocycles. The van der Waals surface area contributed by atoms with Crippen LogP contribution in [0.3, 0.4) is 0 Å². The highest BCUT2D eigenvalue weighted by Gasteiger charge is 2.16. The first-order chi connectivity index (χ1) is 18.7. The van der Waals surface area contributed by atoms with Crippen LogP contribution in [-0.4, -0.2) is 34.9 Å². The summed E-state index contributed by atoms with van der Waals surface area (Å²) in [7, 11) is 0. The highest BCUT2D eigenvalue weighted by atomic mass is 32.1. The molecule has 0 aliphatic rings. The van der Waals surface area contributed by atoms with Gasteiger partial charge in [-0.2, -0.15) is 0 Å². The quantitative estimate of drug-likeness (QED) is 0.232. The summed E-state index contributed by atoms with van der Waals surface area (Å²) < 4.78 is 0. The highest BCUT2D eigenvalue weighted by molar-refractivity contribution is 7.13. The maximum absolute atomic E-state index is 13.2. The number of nitrogens with zero attached hydrogens (tertiary/aromatic N) is 2. The largest absolute Gasteiger partial charge is 0.350 e. The second-order valence-electron chi connectivity index (χ2n) is 8.61. The molecule has 6 nitrogen and oxygen atoms in total. The summed E-state index contributed by atoms with van der Waals surface area (Å²) in [5, 5.41) is 11.5. The van der Waals surface area contributed by atoms with Gasteiger partial charge in [0.25, 0.3) is 11.8 Å². The Morgan fingerprint density at radius 3 is 1.47 bits per heavy atom. The van der Waals surface area contributed by atoms with Gasteiger partial charge in [-0.05, 0) is 47.2 Å². The minimum absolute atomic E-state index is 0.204. The van der Waals surface area contributed by atoms with Crippen LogP contribution in [0.25, 0.3) is 42.9 Å². The Labute approximate surface area is 227 Å². The molecule has 38 heavy (non-hydrogen) atoms. The smallest absolute Gasteiger partial charge is 0.252 e. The normalized spacial score (nSPS) is 11.1. The second-order valence-corrected chi connectivity index (χ2v) is 10.5. The van der Waals surface area contributed by atoms with Gasteiger partial charge in [0.2, 0.25) is 0 Å². The van der Waals surface area contributed by atoms with Gasteiger partial charge in [-0.3, -0.25) is 9.59 Å². The van der Waals surface area contributed by atoms with E-state index in [1.54, 1.807) is 22.7 Å². The maximum Gasteiger partial charge on any atom is 0.252 e. The number of thiophene rings is 2. The number of hydrogen-bond acceptors (Lipinski definition) is 6. The van der Waals surface area contributed by atoms with E-state index in [-0.39, 0.29) is 24.9 Å². The summed E-state index contributed by atoms with van der Waals surface area (Å²) in [4.78, 5) is 37.9. The van der Waals surface area contributed by atoms with E-state index in [4.69, 9.17) is 9.97 Å². The van der Waals surface area contributed by atoms with Crippen molar-refractivity contribution in [2.24, 2.45) is 0 Å². The van der Waals surface area contributed by atoms with Gasteiger partial charge < -0.3 is 10.6 Å². The Bertz CT molecular complexity index is 1630. The van der Waals surface area contributed by atoms with E-state index >= 15 is 0 Å². The van der Waals surface area contributed by atoms with E-state index in [2.05, 4.69) is 10.6 Å². The molecule has 8 heteroatoms. The monoisotopic (exact) mass is 534 g/mol. The van der Waals surface area contributed by atoms with E-state index in [1.807, 2.05) is 95.7 Å². The van der Waals surface area contributed by atoms with Crippen molar-refractivity contribution in [3.05, 3.63) is 107 Å². The molecule has 2 N–H and O–H groups in total. The van der Waals surface area contributed by atoms with Crippen molar-refractivity contribution in [3.8, 4) is 21.1 Å². The molecule has 0 unspecified atom stereocenters. The predicted octanol–water partition coefficient (Wildman–Crippen LogP) is 6.40. The lowest BCUT2D eigenvalue weighted by Gasteiger charge is -2.12. The van der Waals surface area contributed by atoms with Crippen molar-refractivity contribution < 1.29 is 9.59 Å². The zero-order chi connectivity index (χ0) is 25.9. The van der Waals surface area contributed by atoms with E-state index < -0.39 is 0 Å². The molecule has 6 aromatic rings. The highest BCUT2D eigenvalue weighted by Crippen LogP contribution is 2.29. The van der Waals surface area contributed by atoms with Crippen molar-refractivity contribution >= 4 is 56.3 Å². The Balaban J connectivity index is 1.18. The molecule has 0 saturated heterocycles. The average Bonchev–Trinajstić information content (AvgIpc) is 3.69. The molecule has 0 aliphatic carbocycles. The van der Waals surface area contributed by atoms with Crippen LogP contribution in [0.5, 0.6) is 0 Å². The van der Waals surface area contributed by atoms with Crippen LogP contribution in [0.4, 0.5) is 0 Å². The SMILES string of the molecule is O=C(NCCNC(=O)c1cc(-c2cccs2)nc2ccccc12)c1cc(-c2cccs2)nc2ccccc12. The van der Waals surface area contributed by atoms with Crippen LogP contribution in [-0.2, 0) is 0 Å². The van der Waals surface area contributed by atoms with Crippen LogP contribution < -0.4 is 10.6 Å². The molecule has 6 rings (SSSR count). The molecule has 0 saturated carbocycles. The van der Waals surface area contributed by atoms with E-state index in [1.165, 1.54) is 0 Å². The molecule has 186 valence electrons. The maximum atomic E-state index is 13.2. The third-order valence-corrected chi connectivity index (χ3v) is 7.95. The molecule has 0 radical (unpaired) electrons. The third kappa shape index (κ3) is 4.79. The summed E-state index contributed by atoms with van der Waals surface area (Å²) in [6, 6.07) is 26.8. The molecule has 4 heterocycles. The molecular formula is C30H22N4O2S2. The van der Waals surface area contributed by atoms with Gasteiger partial charge in [0.15, 0.2) is 0 Å². The number of rotatable bonds is 7. The van der Waals surface area contributed by atoms with Gasteiger partial charge in [0, 0.05) is 23.9 Å². The Morgan fingerprint density at radius 1 is 0.605 bits per heavy atom. The number of carbonyl (C=O) groups excluding carboxylic acids is 2. The molecule has 0 fully saturated rings. The number of hydrogen-bond donors (Lipinski definition) is 2. The molecule has 2 amide bonds. The Hall–Kier alpha value is -4.40. The standard InChI is InChI=1S/C30H22N4O2S2/c35-29(21-17-25(27-11-5-15-37-27)33-23-9-3-1-7-19(21)23)31-13-14-32-30(36)22-18-26(28-12-6-16-38-28)34-24-10-4-2-8-20(22)24/h1-12,15-18H,13-14H2,(H,31,35)(H,32,36). The number of amides is 2. The van der Waals surface area contributed by atoms with Gasteiger partial charge in [0.05, 0.1) is 43.3 Å². The number of para-hydroxylation sites is 2. The molecule has 4 aromatic heterocycles. The van der Waals surface area contributed by atoms with Crippen LogP contribution in [0.2, 0.25) is 0 Å². The summed E-state index contributed by atoms with van der Waals surface area (Å²) in [5.74, 6) is -0.407. The topological polar surface area (TPSA) is 84.0 Å². The fraction of sp³-hybridized carbons (Fsp3) is 0.0667. The van der Waals surface area contributed by atoms with Crippen LogP contribution in [0.15, 0.2) is 95.7 Å². The molecule has 0 atom stereocenters. The first kappa shape index (κ1) is 24.0. The third-order valence-electron chi connectivity index (χ3n) is 6.16. The molecular weight excluding hydrogens is 512 g/mol. The Kier molecular flexibility index (Phi) is 6.64. The van der Waals surface area contributed by atoms with Gasteiger partial charge in [-0.1, -0.05) is 48.5 Å². The summed E-state index contributed by atoms with van der Waals surface area (Å²) in [6.45, 7) is 0.576. The number of carbonyl (C=O) groups is 2. The fourth-order valence-electron chi connectivity index (χ4n) is 4.37. The number of fused-ring (bicyclic) bond motifs is 2. The van der Waals surface area contributed by atoms with Gasteiger partial charge in [-0.15, -0.1) is 22.7 Å². The number of pyridine rings is 2. The van der Waals surface area contributed by atoms with E-state index in [0.717, 1.165) is 42.9 Å². The summed E-state index contributed by atoms with van der Waals surface area (Å²) in [6.07, 6.45) is 0. The van der Waals surface area contributed by atoms with Gasteiger partial charge >= 0.3 is 0 Å². The molecule has 0 aliphatic heterocycles. The molecule has 0 bridgehead atoms. The zero-order valence-electron chi connectivity index (χ0n) is 20.2. The van der Waals surface area contributed by atoms with Crippen molar-refractivity contribution in [2.45, 2.75) is 0 Å². The van der Waals surface area contributed by atoms with Gasteiger partial charge in [0.1, 0.15) is 0 Å². The van der Waals surface area contributed by atoms with Crippen molar-refractivity contribution in [1.29, 1.82) is 0 Å². The minimum Gasteiger partial charge on any atom is -0.350 e. The lowest BCUT2D eigenvalue weighted by atomic mass is 10.1. The summed E-state index contributed by atoms with van der Waals surface area (Å²) >= 11 is 3.17. The van der Waals surface area contributed by atoms with Crippen LogP contribution in [0.1, 0.15) is 20.7 Å². The first-order valence-corrected chi connectivity index (χ1v) is 13.9. The number of aromatic nitrogens is 2. The average molecular weight is 535 g/mol. The van der Waals surface area contributed by atoms with E-state index in [9.17, 15) is 9.59 Å². The van der Waals surface area contributed by atoms with Crippen molar-refractivity contribution in [1.82, 2.24) is 20.6 Å². The predicted molar refractivity (Wildman–Crippen MR) is 155 cm³/mol. The van der Waals surface area contributed by atoms with Gasteiger partial charge in [-0.25, -0.2) is 9.97 Å². The second kappa shape index (κ2) is 10.5.